The molecule has 0 radical (unpaired) electrons. The highest BCUT2D eigenvalue weighted by atomic mass is 32.2. The van der Waals surface area contributed by atoms with E-state index in [9.17, 15) is 0 Å². The molecular weight excluding hydrogens is 386 g/mol. The molecule has 146 valence electrons. The maximum absolute atomic E-state index is 5.40. The lowest BCUT2D eigenvalue weighted by molar-refractivity contribution is 0.580. The van der Waals surface area contributed by atoms with Gasteiger partial charge < -0.3 is 14.6 Å². The monoisotopic (exact) mass is 405 g/mol. The molecule has 0 unspecified atom stereocenters. The van der Waals surface area contributed by atoms with Crippen molar-refractivity contribution in [2.75, 3.05) is 23.3 Å². The smallest absolute Gasteiger partial charge is 0.234 e. The molecule has 4 heterocycles. The van der Waals surface area contributed by atoms with Gasteiger partial charge in [0.15, 0.2) is 16.7 Å². The fourth-order valence-electron chi connectivity index (χ4n) is 3.16. The summed E-state index contributed by atoms with van der Waals surface area (Å²) in [4.78, 5) is 17.2. The first-order valence-electron chi connectivity index (χ1n) is 9.44. The summed E-state index contributed by atoms with van der Waals surface area (Å²) in [5, 5.41) is 11.1. The Hall–Kier alpha value is -3.33. The third-order valence-corrected chi connectivity index (χ3v) is 5.42. The Balaban J connectivity index is 1.43. The molecule has 5 rings (SSSR count). The zero-order chi connectivity index (χ0) is 19.5. The number of furan rings is 1. The van der Waals surface area contributed by atoms with Gasteiger partial charge in [-0.25, -0.2) is 0 Å². The maximum Gasteiger partial charge on any atom is 0.234 e. The summed E-state index contributed by atoms with van der Waals surface area (Å²) < 4.78 is 5.40. The minimum atomic E-state index is 0.470. The van der Waals surface area contributed by atoms with E-state index in [1.807, 2.05) is 48.5 Å². The zero-order valence-electron chi connectivity index (χ0n) is 15.6. The summed E-state index contributed by atoms with van der Waals surface area (Å²) in [6.45, 7) is 1.92. The second-order valence-corrected chi connectivity index (χ2v) is 7.66. The Labute approximate surface area is 171 Å². The fraction of sp³-hybridized carbons (Fsp3) is 0.200. The van der Waals surface area contributed by atoms with Gasteiger partial charge >= 0.3 is 0 Å². The van der Waals surface area contributed by atoms with E-state index in [1.165, 1.54) is 11.8 Å². The topological polar surface area (TPSA) is 95.8 Å². The SMILES string of the molecule is c1ccc(Sc2nc(Nc3cc(-c4ccco4)[nH]n3)nc(N3CCCC3)n2)cc1. The Morgan fingerprint density at radius 2 is 1.86 bits per heavy atom. The van der Waals surface area contributed by atoms with Gasteiger partial charge in [0.05, 0.1) is 6.26 Å². The summed E-state index contributed by atoms with van der Waals surface area (Å²) in [5.41, 5.74) is 0.783. The summed E-state index contributed by atoms with van der Waals surface area (Å²) in [5.74, 6) is 2.50. The Kier molecular flexibility index (Phi) is 4.87. The van der Waals surface area contributed by atoms with E-state index in [2.05, 4.69) is 35.4 Å². The van der Waals surface area contributed by atoms with Crippen LogP contribution in [0.1, 0.15) is 12.8 Å². The minimum Gasteiger partial charge on any atom is -0.463 e. The Bertz CT molecular complexity index is 1080. The van der Waals surface area contributed by atoms with Crippen LogP contribution >= 0.6 is 11.8 Å². The zero-order valence-corrected chi connectivity index (χ0v) is 16.4. The van der Waals surface area contributed by atoms with Gasteiger partial charge in [-0.3, -0.25) is 5.10 Å². The summed E-state index contributed by atoms with van der Waals surface area (Å²) >= 11 is 1.52. The standard InChI is InChI=1S/C20H19N7OS/c1-2-7-14(8-3-1)29-20-23-18(22-19(24-20)27-10-4-5-11-27)21-17-13-15(25-26-17)16-9-6-12-28-16/h1-3,6-9,12-13H,4-5,10-11H2,(H2,21,22,23,24,25,26). The van der Waals surface area contributed by atoms with Crippen LogP contribution in [0.5, 0.6) is 0 Å². The molecule has 0 spiro atoms. The lowest BCUT2D eigenvalue weighted by Crippen LogP contribution is -2.21. The Morgan fingerprint density at radius 3 is 2.66 bits per heavy atom. The second kappa shape index (κ2) is 7.96. The normalized spacial score (nSPS) is 13.7. The van der Waals surface area contributed by atoms with E-state index in [-0.39, 0.29) is 0 Å². The number of hydrogen-bond acceptors (Lipinski definition) is 8. The second-order valence-electron chi connectivity index (χ2n) is 6.62. The van der Waals surface area contributed by atoms with Crippen LogP contribution in [0.25, 0.3) is 11.5 Å². The van der Waals surface area contributed by atoms with Crippen molar-refractivity contribution in [3.8, 4) is 11.5 Å². The molecule has 1 fully saturated rings. The minimum absolute atomic E-state index is 0.470. The van der Waals surface area contributed by atoms with E-state index in [1.54, 1.807) is 6.26 Å². The van der Waals surface area contributed by atoms with Crippen LogP contribution in [-0.4, -0.2) is 38.2 Å². The number of H-pyrrole nitrogens is 1. The predicted octanol–water partition coefficient (Wildman–Crippen LogP) is 4.35. The van der Waals surface area contributed by atoms with E-state index in [4.69, 9.17) is 4.42 Å². The van der Waals surface area contributed by atoms with Crippen LogP contribution < -0.4 is 10.2 Å². The average Bonchev–Trinajstić information content (AvgIpc) is 3.50. The lowest BCUT2D eigenvalue weighted by atomic mass is 10.3. The first kappa shape index (κ1) is 17.7. The molecule has 2 N–H and O–H groups in total. The van der Waals surface area contributed by atoms with Gasteiger partial charge in [0.25, 0.3) is 0 Å². The Morgan fingerprint density at radius 1 is 1.00 bits per heavy atom. The number of aromatic nitrogens is 5. The highest BCUT2D eigenvalue weighted by Gasteiger charge is 2.18. The van der Waals surface area contributed by atoms with Crippen molar-refractivity contribution in [1.29, 1.82) is 0 Å². The van der Waals surface area contributed by atoms with Crippen molar-refractivity contribution in [2.45, 2.75) is 22.9 Å². The number of nitrogens with zero attached hydrogens (tertiary/aromatic N) is 5. The average molecular weight is 405 g/mol. The number of nitrogens with one attached hydrogen (secondary N) is 2. The molecular formula is C20H19N7OS. The largest absolute Gasteiger partial charge is 0.463 e. The maximum atomic E-state index is 5.40. The first-order valence-corrected chi connectivity index (χ1v) is 10.3. The van der Waals surface area contributed by atoms with Gasteiger partial charge in [0.1, 0.15) is 5.69 Å². The van der Waals surface area contributed by atoms with Crippen molar-refractivity contribution >= 4 is 29.5 Å². The van der Waals surface area contributed by atoms with Crippen molar-refractivity contribution in [3.63, 3.8) is 0 Å². The molecule has 0 atom stereocenters. The molecule has 8 nitrogen and oxygen atoms in total. The highest BCUT2D eigenvalue weighted by molar-refractivity contribution is 7.99. The molecule has 1 aliphatic rings. The van der Waals surface area contributed by atoms with E-state index in [0.29, 0.717) is 22.9 Å². The van der Waals surface area contributed by atoms with Gasteiger partial charge in [0, 0.05) is 24.1 Å². The van der Waals surface area contributed by atoms with Crippen molar-refractivity contribution in [1.82, 2.24) is 25.1 Å². The van der Waals surface area contributed by atoms with E-state index >= 15 is 0 Å². The molecule has 29 heavy (non-hydrogen) atoms. The third-order valence-electron chi connectivity index (χ3n) is 4.55. The van der Waals surface area contributed by atoms with Crippen LogP contribution in [0.2, 0.25) is 0 Å². The molecule has 3 aromatic heterocycles. The fourth-order valence-corrected chi connectivity index (χ4v) is 3.92. The molecule has 0 bridgehead atoms. The van der Waals surface area contributed by atoms with Crippen LogP contribution in [0.15, 0.2) is 69.3 Å². The first-order chi connectivity index (χ1) is 14.3. The van der Waals surface area contributed by atoms with Gasteiger partial charge in [-0.15, -0.1) is 0 Å². The molecule has 4 aromatic rings. The van der Waals surface area contributed by atoms with Crippen LogP contribution in [0.4, 0.5) is 17.7 Å². The quantitative estimate of drug-likeness (QED) is 0.489. The van der Waals surface area contributed by atoms with Gasteiger partial charge in [-0.2, -0.15) is 20.1 Å². The number of anilines is 3. The molecule has 1 aliphatic heterocycles. The summed E-state index contributed by atoms with van der Waals surface area (Å²) in [7, 11) is 0. The van der Waals surface area contributed by atoms with E-state index in [0.717, 1.165) is 42.3 Å². The van der Waals surface area contributed by atoms with Gasteiger partial charge in [0.2, 0.25) is 11.9 Å². The number of aromatic amines is 1. The van der Waals surface area contributed by atoms with Crippen LogP contribution in [0, 0.1) is 0 Å². The molecule has 0 aliphatic carbocycles. The molecule has 1 aromatic carbocycles. The predicted molar refractivity (Wildman–Crippen MR) is 111 cm³/mol. The van der Waals surface area contributed by atoms with Gasteiger partial charge in [-0.1, -0.05) is 18.2 Å². The number of benzene rings is 1. The third kappa shape index (κ3) is 4.09. The molecule has 9 heteroatoms. The van der Waals surface area contributed by atoms with Crippen molar-refractivity contribution in [3.05, 3.63) is 54.8 Å². The summed E-state index contributed by atoms with van der Waals surface area (Å²) in [6, 6.07) is 15.7. The highest BCUT2D eigenvalue weighted by Crippen LogP contribution is 2.28. The summed E-state index contributed by atoms with van der Waals surface area (Å²) in [6.07, 6.45) is 3.94. The van der Waals surface area contributed by atoms with Crippen LogP contribution in [0.3, 0.4) is 0 Å². The van der Waals surface area contributed by atoms with Crippen LogP contribution in [-0.2, 0) is 0 Å². The van der Waals surface area contributed by atoms with Crippen molar-refractivity contribution < 1.29 is 4.42 Å². The van der Waals surface area contributed by atoms with E-state index < -0.39 is 0 Å². The van der Waals surface area contributed by atoms with Crippen molar-refractivity contribution in [2.24, 2.45) is 0 Å². The lowest BCUT2D eigenvalue weighted by Gasteiger charge is -2.16. The number of hydrogen-bond donors (Lipinski definition) is 2. The molecule has 0 saturated carbocycles. The van der Waals surface area contributed by atoms with Gasteiger partial charge in [-0.05, 0) is 48.9 Å². The molecule has 0 amide bonds. The molecule has 1 saturated heterocycles. The number of rotatable bonds is 6.